The molecule has 2 nitrogen and oxygen atoms in total. The first-order valence-corrected chi connectivity index (χ1v) is 7.99. The van der Waals surface area contributed by atoms with Crippen LogP contribution in [0.15, 0.2) is 29.2 Å². The second-order valence-corrected chi connectivity index (χ2v) is 6.91. The van der Waals surface area contributed by atoms with Crippen molar-refractivity contribution in [1.82, 2.24) is 4.98 Å². The van der Waals surface area contributed by atoms with Crippen LogP contribution in [-0.4, -0.2) is 16.5 Å². The molecule has 0 radical (unpaired) electrons. The predicted molar refractivity (Wildman–Crippen MR) is 82.2 cm³/mol. The summed E-state index contributed by atoms with van der Waals surface area (Å²) >= 11 is 3.23. The van der Waals surface area contributed by atoms with Crippen molar-refractivity contribution in [1.29, 1.82) is 0 Å². The number of hydrogen-bond donors (Lipinski definition) is 0. The Hall–Kier alpha value is -1.13. The number of benzene rings is 1. The number of carbonyl (C=O) groups excluding carboxylic acids is 1. The van der Waals surface area contributed by atoms with Gasteiger partial charge in [-0.05, 0) is 32.9 Å². The summed E-state index contributed by atoms with van der Waals surface area (Å²) in [4.78, 5) is 18.7. The first kappa shape index (κ1) is 14.3. The van der Waals surface area contributed by atoms with Crippen molar-refractivity contribution in [3.05, 3.63) is 45.4 Å². The van der Waals surface area contributed by atoms with E-state index in [9.17, 15) is 4.79 Å². The molecular formula is C15H17NOS2. The van der Waals surface area contributed by atoms with E-state index in [0.717, 1.165) is 15.6 Å². The summed E-state index contributed by atoms with van der Waals surface area (Å²) in [5.74, 6) is 0.751. The number of aromatic nitrogens is 1. The number of hydrogen-bond acceptors (Lipinski definition) is 4. The highest BCUT2D eigenvalue weighted by Crippen LogP contribution is 2.21. The van der Waals surface area contributed by atoms with E-state index in [1.54, 1.807) is 23.1 Å². The summed E-state index contributed by atoms with van der Waals surface area (Å²) in [5, 5.41) is 0.935. The molecule has 1 aromatic heterocycles. The average molecular weight is 291 g/mol. The van der Waals surface area contributed by atoms with Crippen molar-refractivity contribution in [3.63, 3.8) is 0 Å². The van der Waals surface area contributed by atoms with E-state index in [2.05, 4.69) is 24.0 Å². The van der Waals surface area contributed by atoms with Crippen LogP contribution in [0.2, 0.25) is 0 Å². The lowest BCUT2D eigenvalue weighted by atomic mass is 10.2. The van der Waals surface area contributed by atoms with Crippen LogP contribution in [0.5, 0.6) is 0 Å². The standard InChI is InChI=1S/C15H17NOS2/c1-10-5-4-6-14(7-10)18-9-13(17)8-15-16-11(2)12(3)19-15/h4-7H,8-9H2,1-3H3. The molecule has 0 aliphatic rings. The lowest BCUT2D eigenvalue weighted by Crippen LogP contribution is -2.05. The zero-order valence-electron chi connectivity index (χ0n) is 11.4. The molecule has 2 rings (SSSR count). The summed E-state index contributed by atoms with van der Waals surface area (Å²) in [6, 6.07) is 8.24. The molecule has 0 amide bonds. The fraction of sp³-hybridized carbons (Fsp3) is 0.333. The fourth-order valence-electron chi connectivity index (χ4n) is 1.70. The summed E-state index contributed by atoms with van der Waals surface area (Å²) in [6.45, 7) is 6.09. The number of ketones is 1. The van der Waals surface area contributed by atoms with Gasteiger partial charge in [0.25, 0.3) is 0 Å². The molecule has 1 aromatic carbocycles. The van der Waals surface area contributed by atoms with Gasteiger partial charge in [-0.15, -0.1) is 23.1 Å². The molecule has 0 saturated carbocycles. The number of nitrogens with zero attached hydrogens (tertiary/aromatic N) is 1. The van der Waals surface area contributed by atoms with Crippen LogP contribution in [0.25, 0.3) is 0 Å². The molecule has 2 aromatic rings. The van der Waals surface area contributed by atoms with Crippen molar-refractivity contribution in [2.45, 2.75) is 32.1 Å². The Morgan fingerprint density at radius 2 is 2.11 bits per heavy atom. The molecule has 1 heterocycles. The monoisotopic (exact) mass is 291 g/mol. The maximum absolute atomic E-state index is 11.9. The number of thiazole rings is 1. The van der Waals surface area contributed by atoms with Crippen molar-refractivity contribution in [2.24, 2.45) is 0 Å². The Kier molecular flexibility index (Phi) is 4.77. The molecule has 0 fully saturated rings. The molecule has 0 atom stereocenters. The Labute approximate surface area is 122 Å². The Morgan fingerprint density at radius 3 is 2.74 bits per heavy atom. The third-order valence-electron chi connectivity index (χ3n) is 2.81. The van der Waals surface area contributed by atoms with Crippen molar-refractivity contribution in [2.75, 3.05) is 5.75 Å². The van der Waals surface area contributed by atoms with E-state index < -0.39 is 0 Å². The number of carbonyl (C=O) groups is 1. The number of Topliss-reactive ketones (excluding diaryl/α,β-unsaturated/α-hetero) is 1. The number of rotatable bonds is 5. The van der Waals surface area contributed by atoms with Gasteiger partial charge in [-0.2, -0.15) is 0 Å². The van der Waals surface area contributed by atoms with E-state index in [0.29, 0.717) is 12.2 Å². The molecule has 0 bridgehead atoms. The first-order valence-electron chi connectivity index (χ1n) is 6.18. The third kappa shape index (κ3) is 4.18. The van der Waals surface area contributed by atoms with Crippen LogP contribution in [0, 0.1) is 20.8 Å². The van der Waals surface area contributed by atoms with Crippen LogP contribution in [0.4, 0.5) is 0 Å². The van der Waals surface area contributed by atoms with Crippen LogP contribution >= 0.6 is 23.1 Å². The summed E-state index contributed by atoms with van der Waals surface area (Å²) in [7, 11) is 0. The minimum atomic E-state index is 0.236. The highest BCUT2D eigenvalue weighted by Gasteiger charge is 2.09. The number of thioether (sulfide) groups is 1. The summed E-state index contributed by atoms with van der Waals surface area (Å²) in [5.41, 5.74) is 2.27. The van der Waals surface area contributed by atoms with E-state index in [4.69, 9.17) is 0 Å². The van der Waals surface area contributed by atoms with E-state index in [1.807, 2.05) is 26.0 Å². The molecule has 0 saturated heterocycles. The topological polar surface area (TPSA) is 30.0 Å². The summed E-state index contributed by atoms with van der Waals surface area (Å²) < 4.78 is 0. The normalized spacial score (nSPS) is 10.7. The van der Waals surface area contributed by atoms with Crippen molar-refractivity contribution in [3.8, 4) is 0 Å². The maximum Gasteiger partial charge on any atom is 0.149 e. The van der Waals surface area contributed by atoms with Crippen LogP contribution in [0.3, 0.4) is 0 Å². The maximum atomic E-state index is 11.9. The van der Waals surface area contributed by atoms with E-state index >= 15 is 0 Å². The third-order valence-corrected chi connectivity index (χ3v) is 4.94. The number of aryl methyl sites for hydroxylation is 3. The summed E-state index contributed by atoms with van der Waals surface area (Å²) in [6.07, 6.45) is 0.457. The quantitative estimate of drug-likeness (QED) is 0.781. The minimum absolute atomic E-state index is 0.236. The second kappa shape index (κ2) is 6.35. The highest BCUT2D eigenvalue weighted by molar-refractivity contribution is 8.00. The van der Waals surface area contributed by atoms with Gasteiger partial charge in [-0.1, -0.05) is 17.7 Å². The van der Waals surface area contributed by atoms with Gasteiger partial charge in [0.2, 0.25) is 0 Å². The lowest BCUT2D eigenvalue weighted by molar-refractivity contribution is -0.116. The predicted octanol–water partition coefficient (Wildman–Crippen LogP) is 3.97. The van der Waals surface area contributed by atoms with Crippen molar-refractivity contribution < 1.29 is 4.79 Å². The van der Waals surface area contributed by atoms with Crippen LogP contribution < -0.4 is 0 Å². The van der Waals surface area contributed by atoms with E-state index in [-0.39, 0.29) is 5.78 Å². The van der Waals surface area contributed by atoms with Gasteiger partial charge in [-0.25, -0.2) is 4.98 Å². The zero-order valence-corrected chi connectivity index (χ0v) is 13.0. The largest absolute Gasteiger partial charge is 0.298 e. The Morgan fingerprint density at radius 1 is 1.32 bits per heavy atom. The van der Waals surface area contributed by atoms with Crippen molar-refractivity contribution >= 4 is 28.9 Å². The molecule has 0 aliphatic carbocycles. The molecule has 0 aliphatic heterocycles. The smallest absolute Gasteiger partial charge is 0.149 e. The average Bonchev–Trinajstić information content (AvgIpc) is 2.66. The molecule has 0 N–H and O–H groups in total. The van der Waals surface area contributed by atoms with Gasteiger partial charge >= 0.3 is 0 Å². The Balaban J connectivity index is 1.88. The molecule has 19 heavy (non-hydrogen) atoms. The van der Waals surface area contributed by atoms with Gasteiger partial charge in [0, 0.05) is 9.77 Å². The molecular weight excluding hydrogens is 274 g/mol. The fourth-order valence-corrected chi connectivity index (χ4v) is 3.54. The SMILES string of the molecule is Cc1cccc(SCC(=O)Cc2nc(C)c(C)s2)c1. The van der Waals surface area contributed by atoms with Gasteiger partial charge in [0.05, 0.1) is 17.9 Å². The first-order chi connectivity index (χ1) is 9.04. The molecule has 0 unspecified atom stereocenters. The highest BCUT2D eigenvalue weighted by atomic mass is 32.2. The molecule has 0 spiro atoms. The van der Waals surface area contributed by atoms with Gasteiger partial charge < -0.3 is 0 Å². The van der Waals surface area contributed by atoms with Gasteiger partial charge in [0.1, 0.15) is 10.8 Å². The van der Waals surface area contributed by atoms with Crippen LogP contribution in [0.1, 0.15) is 21.1 Å². The van der Waals surface area contributed by atoms with Gasteiger partial charge in [-0.3, -0.25) is 4.79 Å². The van der Waals surface area contributed by atoms with Crippen LogP contribution in [-0.2, 0) is 11.2 Å². The van der Waals surface area contributed by atoms with E-state index in [1.165, 1.54) is 10.4 Å². The lowest BCUT2D eigenvalue weighted by Gasteiger charge is -2.01. The zero-order chi connectivity index (χ0) is 13.8. The second-order valence-electron chi connectivity index (χ2n) is 4.57. The molecule has 100 valence electrons. The van der Waals surface area contributed by atoms with Gasteiger partial charge in [0.15, 0.2) is 0 Å². The Bertz CT molecular complexity index is 570. The molecule has 4 heteroatoms. The minimum Gasteiger partial charge on any atom is -0.298 e.